The lowest BCUT2D eigenvalue weighted by atomic mass is 9.68. The first-order valence-corrected chi connectivity index (χ1v) is 22.2. The molecule has 0 saturated carbocycles. The minimum atomic E-state index is -0.541. The van der Waals surface area contributed by atoms with E-state index in [1.54, 1.807) is 0 Å². The molecule has 0 unspecified atom stereocenters. The van der Waals surface area contributed by atoms with Gasteiger partial charge in [0.05, 0.1) is 5.41 Å². The third-order valence-corrected chi connectivity index (χ3v) is 15.0. The molecule has 0 saturated heterocycles. The van der Waals surface area contributed by atoms with Crippen molar-refractivity contribution < 1.29 is 0 Å². The summed E-state index contributed by atoms with van der Waals surface area (Å²) in [5, 5.41) is 20.8. The van der Waals surface area contributed by atoms with Crippen LogP contribution in [-0.2, 0) is 5.41 Å². The van der Waals surface area contributed by atoms with Gasteiger partial charge in [0, 0.05) is 0 Å². The monoisotopic (exact) mass is 792 g/mol. The van der Waals surface area contributed by atoms with Crippen molar-refractivity contribution >= 4 is 86.2 Å². The third-order valence-electron chi connectivity index (χ3n) is 15.0. The highest BCUT2D eigenvalue weighted by Crippen LogP contribution is 2.68. The summed E-state index contributed by atoms with van der Waals surface area (Å²) in [5.74, 6) is 0. The van der Waals surface area contributed by atoms with Crippen molar-refractivity contribution in [2.45, 2.75) is 5.41 Å². The molecule has 0 bridgehead atoms. The molecular formula is C63H36. The molecule has 0 amide bonds. The topological polar surface area (TPSA) is 0 Å². The predicted molar refractivity (Wildman–Crippen MR) is 268 cm³/mol. The zero-order valence-corrected chi connectivity index (χ0v) is 34.3. The standard InChI is InChI=1S/C63H36/c1-2-21-42-38(17-1)39-18-3-8-26-47(39)58-48-27-9-5-22-43(48)53(36-55(42)58)37-33-34-52-54(35-37)44-23-6-11-29-50(44)60-59-49-28-10-4-19-40(49)41-20-7-12-30-51(41)61(59)63(62(52)60)56-31-15-13-24-45(56)46-25-14-16-32-57(46)63/h1-36H. The van der Waals surface area contributed by atoms with Crippen molar-refractivity contribution in [2.75, 3.05) is 0 Å². The summed E-state index contributed by atoms with van der Waals surface area (Å²) in [6, 6.07) is 82.9. The summed E-state index contributed by atoms with van der Waals surface area (Å²) in [6.45, 7) is 0. The first-order valence-electron chi connectivity index (χ1n) is 22.2. The molecule has 2 aliphatic carbocycles. The molecule has 1 spiro atoms. The average Bonchev–Trinajstić information content (AvgIpc) is 3.85. The molecule has 0 aliphatic heterocycles. The van der Waals surface area contributed by atoms with Gasteiger partial charge in [-0.1, -0.05) is 206 Å². The second-order valence-electron chi connectivity index (χ2n) is 17.7. The van der Waals surface area contributed by atoms with Gasteiger partial charge in [0.15, 0.2) is 0 Å². The number of hydrogen-bond donors (Lipinski definition) is 0. The van der Waals surface area contributed by atoms with Gasteiger partial charge in [-0.15, -0.1) is 0 Å². The van der Waals surface area contributed by atoms with Crippen LogP contribution in [0.15, 0.2) is 218 Å². The van der Waals surface area contributed by atoms with Gasteiger partial charge in [-0.05, 0) is 154 Å². The van der Waals surface area contributed by atoms with Crippen molar-refractivity contribution in [2.24, 2.45) is 0 Å². The average molecular weight is 793 g/mol. The fraction of sp³-hybridized carbons (Fsp3) is 0.0159. The third kappa shape index (κ3) is 4.08. The summed E-state index contributed by atoms with van der Waals surface area (Å²) >= 11 is 0. The molecule has 0 atom stereocenters. The normalized spacial score (nSPS) is 13.5. The van der Waals surface area contributed by atoms with E-state index in [-0.39, 0.29) is 0 Å². The Bertz CT molecular complexity index is 4160. The Hall–Kier alpha value is -8.06. The van der Waals surface area contributed by atoms with Crippen molar-refractivity contribution in [3.05, 3.63) is 241 Å². The molecule has 0 heterocycles. The van der Waals surface area contributed by atoms with E-state index >= 15 is 0 Å². The van der Waals surface area contributed by atoms with E-state index in [9.17, 15) is 0 Å². The van der Waals surface area contributed by atoms with E-state index in [1.165, 1.54) is 142 Å². The largest absolute Gasteiger partial charge is 0.0738 e. The van der Waals surface area contributed by atoms with Gasteiger partial charge >= 0.3 is 0 Å². The Morgan fingerprint density at radius 1 is 0.222 bits per heavy atom. The molecule has 13 aromatic carbocycles. The Balaban J connectivity index is 1.13. The van der Waals surface area contributed by atoms with Gasteiger partial charge in [0.1, 0.15) is 0 Å². The van der Waals surface area contributed by atoms with Crippen molar-refractivity contribution in [3.8, 4) is 33.4 Å². The van der Waals surface area contributed by atoms with Crippen LogP contribution in [0.1, 0.15) is 22.3 Å². The highest BCUT2D eigenvalue weighted by atomic mass is 14.5. The molecule has 63 heavy (non-hydrogen) atoms. The molecule has 0 fully saturated rings. The minimum Gasteiger partial charge on any atom is -0.0619 e. The van der Waals surface area contributed by atoms with Crippen LogP contribution in [0.3, 0.4) is 0 Å². The van der Waals surface area contributed by atoms with E-state index in [0.29, 0.717) is 0 Å². The van der Waals surface area contributed by atoms with E-state index in [2.05, 4.69) is 218 Å². The quantitative estimate of drug-likeness (QED) is 0.145. The maximum Gasteiger partial charge on any atom is 0.0738 e. The molecule has 15 rings (SSSR count). The van der Waals surface area contributed by atoms with Gasteiger partial charge in [0.2, 0.25) is 0 Å². The highest BCUT2D eigenvalue weighted by molar-refractivity contribution is 6.33. The minimum absolute atomic E-state index is 0.541. The fourth-order valence-electron chi connectivity index (χ4n) is 12.7. The smallest absolute Gasteiger partial charge is 0.0619 e. The van der Waals surface area contributed by atoms with Gasteiger partial charge < -0.3 is 0 Å². The van der Waals surface area contributed by atoms with Crippen LogP contribution < -0.4 is 0 Å². The number of fused-ring (bicyclic) bond motifs is 28. The van der Waals surface area contributed by atoms with Crippen molar-refractivity contribution in [1.29, 1.82) is 0 Å². The number of benzene rings is 13. The zero-order chi connectivity index (χ0) is 41.0. The van der Waals surface area contributed by atoms with Crippen LogP contribution >= 0.6 is 0 Å². The SMILES string of the molecule is c1ccc2c(c1)-c1ccccc1C21c2c(c3ccccc3c3ccccc23)-c2c1c1ccc(-c3cc4c5ccccc5c5ccccc5c4c4ccccc34)cc1c1ccccc21. The van der Waals surface area contributed by atoms with Crippen molar-refractivity contribution in [1.82, 2.24) is 0 Å². The molecule has 288 valence electrons. The molecular weight excluding hydrogens is 757 g/mol. The number of hydrogen-bond acceptors (Lipinski definition) is 0. The highest BCUT2D eigenvalue weighted by Gasteiger charge is 2.54. The molecule has 0 radical (unpaired) electrons. The Kier molecular flexibility index (Phi) is 6.44. The Morgan fingerprint density at radius 3 is 1.16 bits per heavy atom. The zero-order valence-electron chi connectivity index (χ0n) is 34.3. The molecule has 13 aromatic rings. The summed E-state index contributed by atoms with van der Waals surface area (Å²) in [4.78, 5) is 0. The van der Waals surface area contributed by atoms with E-state index in [0.717, 1.165) is 0 Å². The van der Waals surface area contributed by atoms with E-state index in [1.807, 2.05) is 0 Å². The first kappa shape index (κ1) is 33.6. The lowest BCUT2D eigenvalue weighted by Gasteiger charge is -2.33. The van der Waals surface area contributed by atoms with Gasteiger partial charge in [0.25, 0.3) is 0 Å². The maximum absolute atomic E-state index is 2.52. The van der Waals surface area contributed by atoms with Gasteiger partial charge in [-0.2, -0.15) is 0 Å². The second-order valence-corrected chi connectivity index (χ2v) is 17.7. The second kappa shape index (κ2) is 12.1. The molecule has 0 nitrogen and oxygen atoms in total. The van der Waals surface area contributed by atoms with Crippen LogP contribution in [-0.4, -0.2) is 0 Å². The Morgan fingerprint density at radius 2 is 0.587 bits per heavy atom. The summed E-state index contributed by atoms with van der Waals surface area (Å²) < 4.78 is 0. The van der Waals surface area contributed by atoms with Crippen LogP contribution in [0.25, 0.3) is 120 Å². The molecule has 2 aliphatic rings. The van der Waals surface area contributed by atoms with Crippen LogP contribution in [0.2, 0.25) is 0 Å². The predicted octanol–water partition coefficient (Wildman–Crippen LogP) is 16.9. The molecule has 0 N–H and O–H groups in total. The lowest BCUT2D eigenvalue weighted by molar-refractivity contribution is 0.810. The Labute approximate surface area is 363 Å². The van der Waals surface area contributed by atoms with E-state index in [4.69, 9.17) is 0 Å². The van der Waals surface area contributed by atoms with Crippen molar-refractivity contribution in [3.63, 3.8) is 0 Å². The number of rotatable bonds is 1. The summed E-state index contributed by atoms with van der Waals surface area (Å²) in [6.07, 6.45) is 0. The lowest BCUT2D eigenvalue weighted by Crippen LogP contribution is -2.26. The fourth-order valence-corrected chi connectivity index (χ4v) is 12.7. The van der Waals surface area contributed by atoms with Crippen LogP contribution in [0.4, 0.5) is 0 Å². The molecule has 0 heteroatoms. The van der Waals surface area contributed by atoms with Gasteiger partial charge in [-0.3, -0.25) is 0 Å². The maximum atomic E-state index is 2.52. The van der Waals surface area contributed by atoms with Crippen LogP contribution in [0, 0.1) is 0 Å². The first-order chi connectivity index (χ1) is 31.3. The summed E-state index contributed by atoms with van der Waals surface area (Å²) in [5.41, 5.74) is 12.9. The molecule has 0 aromatic heterocycles. The summed E-state index contributed by atoms with van der Waals surface area (Å²) in [7, 11) is 0. The van der Waals surface area contributed by atoms with Crippen LogP contribution in [0.5, 0.6) is 0 Å². The van der Waals surface area contributed by atoms with E-state index < -0.39 is 5.41 Å². The van der Waals surface area contributed by atoms with Gasteiger partial charge in [-0.25, -0.2) is 0 Å².